The van der Waals surface area contributed by atoms with E-state index in [9.17, 15) is 0 Å². The lowest BCUT2D eigenvalue weighted by atomic mass is 10.1. The Bertz CT molecular complexity index is 992. The van der Waals surface area contributed by atoms with E-state index in [4.69, 9.17) is 31.5 Å². The Morgan fingerprint density at radius 1 is 1.14 bits per heavy atom. The molecule has 0 aliphatic heterocycles. The Morgan fingerprint density at radius 2 is 1.93 bits per heavy atom. The number of benzene rings is 1. The van der Waals surface area contributed by atoms with Crippen molar-refractivity contribution in [3.63, 3.8) is 0 Å². The van der Waals surface area contributed by atoms with E-state index in [1.807, 2.05) is 22.7 Å². The highest BCUT2D eigenvalue weighted by Crippen LogP contribution is 2.36. The molecule has 0 spiro atoms. The molecule has 8 nitrogen and oxygen atoms in total. The summed E-state index contributed by atoms with van der Waals surface area (Å²) in [7, 11) is 4.87. The van der Waals surface area contributed by atoms with Crippen LogP contribution in [0.3, 0.4) is 0 Å². The van der Waals surface area contributed by atoms with Crippen LogP contribution in [-0.4, -0.2) is 55.4 Å². The molecule has 0 bridgehead atoms. The number of nitrogen functional groups attached to an aromatic ring is 1. The van der Waals surface area contributed by atoms with Gasteiger partial charge >= 0.3 is 0 Å². The maximum absolute atomic E-state index is 6.45. The van der Waals surface area contributed by atoms with E-state index in [1.54, 1.807) is 27.4 Å². The first-order valence-corrected chi connectivity index (χ1v) is 9.72. The minimum Gasteiger partial charge on any atom is -0.497 e. The monoisotopic (exact) mass is 419 g/mol. The van der Waals surface area contributed by atoms with Gasteiger partial charge in [-0.3, -0.25) is 4.40 Å². The average Bonchev–Trinajstić information content (AvgIpc) is 3.13. The molecule has 156 valence electrons. The zero-order chi connectivity index (χ0) is 21.0. The first kappa shape index (κ1) is 21.0. The number of halogens is 1. The van der Waals surface area contributed by atoms with E-state index in [0.717, 1.165) is 24.3 Å². The van der Waals surface area contributed by atoms with Crippen LogP contribution in [0, 0.1) is 0 Å². The van der Waals surface area contributed by atoms with Crippen LogP contribution in [0.5, 0.6) is 11.5 Å². The second-order valence-corrected chi connectivity index (χ2v) is 6.88. The van der Waals surface area contributed by atoms with Crippen LogP contribution in [0.1, 0.15) is 13.3 Å². The zero-order valence-electron chi connectivity index (χ0n) is 17.1. The Morgan fingerprint density at radius 3 is 2.55 bits per heavy atom. The summed E-state index contributed by atoms with van der Waals surface area (Å²) in [6, 6.07) is 5.47. The van der Waals surface area contributed by atoms with Gasteiger partial charge in [0.1, 0.15) is 5.75 Å². The van der Waals surface area contributed by atoms with Crippen molar-refractivity contribution in [3.05, 3.63) is 29.4 Å². The second kappa shape index (κ2) is 9.19. The third-order valence-corrected chi connectivity index (χ3v) is 4.90. The van der Waals surface area contributed by atoms with Crippen LogP contribution in [0.4, 0.5) is 11.6 Å². The van der Waals surface area contributed by atoms with Gasteiger partial charge in [0.25, 0.3) is 0 Å². The molecular weight excluding hydrogens is 394 g/mol. The summed E-state index contributed by atoms with van der Waals surface area (Å²) in [6.45, 7) is 4.16. The van der Waals surface area contributed by atoms with Gasteiger partial charge in [0.05, 0.1) is 31.5 Å². The van der Waals surface area contributed by atoms with Gasteiger partial charge in [0.2, 0.25) is 11.5 Å². The van der Waals surface area contributed by atoms with E-state index in [-0.39, 0.29) is 5.82 Å². The van der Waals surface area contributed by atoms with Crippen LogP contribution < -0.4 is 20.1 Å². The minimum atomic E-state index is 0.284. The van der Waals surface area contributed by atoms with Crippen LogP contribution in [0.15, 0.2) is 24.4 Å². The van der Waals surface area contributed by atoms with Crippen molar-refractivity contribution in [1.29, 1.82) is 0 Å². The van der Waals surface area contributed by atoms with Gasteiger partial charge in [-0.1, -0.05) is 18.5 Å². The summed E-state index contributed by atoms with van der Waals surface area (Å²) in [5, 5.41) is 0.541. The molecule has 0 atom stereocenters. The maximum Gasteiger partial charge on any atom is 0.238 e. The molecule has 3 aromatic rings. The number of fused-ring (bicyclic) bond motifs is 1. The quantitative estimate of drug-likeness (QED) is 0.567. The van der Waals surface area contributed by atoms with Gasteiger partial charge in [-0.2, -0.15) is 4.98 Å². The number of anilines is 2. The predicted molar refractivity (Wildman–Crippen MR) is 115 cm³/mol. The molecule has 2 N–H and O–H groups in total. The molecule has 9 heteroatoms. The Kier molecular flexibility index (Phi) is 6.66. The third-order valence-electron chi connectivity index (χ3n) is 4.59. The first-order chi connectivity index (χ1) is 14.0. The fourth-order valence-corrected chi connectivity index (χ4v) is 3.50. The Labute approximate surface area is 175 Å². The summed E-state index contributed by atoms with van der Waals surface area (Å²) >= 11 is 6.45. The molecule has 0 saturated carbocycles. The SMILES string of the molecule is CCCN(CCOC)c1c(OC)c(N)nc2nc(-c3ccc(OC)cc3Cl)cn12. The van der Waals surface area contributed by atoms with Crippen molar-refractivity contribution in [2.24, 2.45) is 0 Å². The van der Waals surface area contributed by atoms with Crippen LogP contribution in [0.2, 0.25) is 5.02 Å². The predicted octanol–water partition coefficient (Wildman–Crippen LogP) is 3.51. The molecule has 0 aliphatic carbocycles. The van der Waals surface area contributed by atoms with Crippen molar-refractivity contribution in [2.45, 2.75) is 13.3 Å². The summed E-state index contributed by atoms with van der Waals surface area (Å²) in [6.07, 6.45) is 2.84. The molecular formula is C20H26ClN5O3. The van der Waals surface area contributed by atoms with E-state index in [2.05, 4.69) is 21.8 Å². The summed E-state index contributed by atoms with van der Waals surface area (Å²) < 4.78 is 18.0. The molecule has 3 rings (SSSR count). The number of imidazole rings is 1. The first-order valence-electron chi connectivity index (χ1n) is 9.34. The van der Waals surface area contributed by atoms with E-state index in [0.29, 0.717) is 41.1 Å². The van der Waals surface area contributed by atoms with E-state index in [1.165, 1.54) is 0 Å². The van der Waals surface area contributed by atoms with Gasteiger partial charge in [-0.05, 0) is 24.6 Å². The molecule has 2 aromatic heterocycles. The smallest absolute Gasteiger partial charge is 0.238 e. The molecule has 29 heavy (non-hydrogen) atoms. The van der Waals surface area contributed by atoms with Crippen LogP contribution >= 0.6 is 11.6 Å². The normalized spacial score (nSPS) is 11.1. The average molecular weight is 420 g/mol. The van der Waals surface area contributed by atoms with Gasteiger partial charge in [0.15, 0.2) is 11.6 Å². The summed E-state index contributed by atoms with van der Waals surface area (Å²) in [5.74, 6) is 2.73. The number of nitrogens with two attached hydrogens (primary N) is 1. The molecule has 0 amide bonds. The number of rotatable bonds is 9. The molecule has 0 unspecified atom stereocenters. The maximum atomic E-state index is 6.45. The second-order valence-electron chi connectivity index (χ2n) is 6.48. The van der Waals surface area contributed by atoms with Crippen molar-refractivity contribution in [3.8, 4) is 22.8 Å². The van der Waals surface area contributed by atoms with Gasteiger partial charge in [-0.15, -0.1) is 0 Å². The van der Waals surface area contributed by atoms with Crippen molar-refractivity contribution in [1.82, 2.24) is 14.4 Å². The highest BCUT2D eigenvalue weighted by molar-refractivity contribution is 6.33. The Balaban J connectivity index is 2.19. The minimum absolute atomic E-state index is 0.284. The lowest BCUT2D eigenvalue weighted by molar-refractivity contribution is 0.205. The van der Waals surface area contributed by atoms with Gasteiger partial charge in [0, 0.05) is 32.0 Å². The molecule has 0 fully saturated rings. The number of hydrogen-bond acceptors (Lipinski definition) is 7. The highest BCUT2D eigenvalue weighted by atomic mass is 35.5. The zero-order valence-corrected chi connectivity index (χ0v) is 17.9. The van der Waals surface area contributed by atoms with E-state index < -0.39 is 0 Å². The lowest BCUT2D eigenvalue weighted by Gasteiger charge is -2.26. The number of hydrogen-bond donors (Lipinski definition) is 1. The van der Waals surface area contributed by atoms with Crippen LogP contribution in [-0.2, 0) is 4.74 Å². The largest absolute Gasteiger partial charge is 0.497 e. The number of aromatic nitrogens is 3. The molecule has 0 radical (unpaired) electrons. The molecule has 0 aliphatic rings. The third kappa shape index (κ3) is 4.18. The number of nitrogens with zero attached hydrogens (tertiary/aromatic N) is 4. The van der Waals surface area contributed by atoms with Gasteiger partial charge < -0.3 is 24.8 Å². The topological polar surface area (TPSA) is 87.1 Å². The highest BCUT2D eigenvalue weighted by Gasteiger charge is 2.22. The molecule has 2 heterocycles. The summed E-state index contributed by atoms with van der Waals surface area (Å²) in [5.41, 5.74) is 7.65. The lowest BCUT2D eigenvalue weighted by Crippen LogP contribution is -2.30. The van der Waals surface area contributed by atoms with Crippen molar-refractivity contribution in [2.75, 3.05) is 51.7 Å². The summed E-state index contributed by atoms with van der Waals surface area (Å²) in [4.78, 5) is 11.2. The standard InChI is InChI=1S/C20H26ClN5O3/c1-5-8-25(9-10-27-2)19-17(29-4)18(22)24-20-23-16(12-26(19)20)14-7-6-13(28-3)11-15(14)21/h6-7,11-12H,5,8-10H2,1-4H3,(H2,22,23,24). The number of methoxy groups -OCH3 is 3. The molecule has 1 aromatic carbocycles. The van der Waals surface area contributed by atoms with Gasteiger partial charge in [-0.25, -0.2) is 4.98 Å². The Hall–Kier alpha value is -2.71. The van der Waals surface area contributed by atoms with Crippen molar-refractivity contribution < 1.29 is 14.2 Å². The van der Waals surface area contributed by atoms with Crippen LogP contribution in [0.25, 0.3) is 17.0 Å². The van der Waals surface area contributed by atoms with E-state index >= 15 is 0 Å². The fourth-order valence-electron chi connectivity index (χ4n) is 3.23. The fraction of sp³-hybridized carbons (Fsp3) is 0.400. The number of ether oxygens (including phenoxy) is 3. The molecule has 0 saturated heterocycles. The van der Waals surface area contributed by atoms with Crippen molar-refractivity contribution >= 4 is 29.0 Å².